The standard InChI is InChI=1S/C8H10ClNO/c1-5-3-6(9)4-7(10)8(5)11-2/h3-4H,10H2,1-2H3. The molecule has 0 fully saturated rings. The third-order valence-corrected chi connectivity index (χ3v) is 1.69. The normalized spacial score (nSPS) is 9.73. The zero-order valence-corrected chi connectivity index (χ0v) is 7.27. The average Bonchev–Trinajstić information content (AvgIpc) is 1.85. The summed E-state index contributed by atoms with van der Waals surface area (Å²) in [6.07, 6.45) is 0. The topological polar surface area (TPSA) is 35.2 Å². The molecular formula is C8H10ClNO. The summed E-state index contributed by atoms with van der Waals surface area (Å²) in [5, 5.41) is 0.640. The number of nitrogens with two attached hydrogens (primary N) is 1. The number of methoxy groups -OCH3 is 1. The van der Waals surface area contributed by atoms with E-state index in [-0.39, 0.29) is 0 Å². The van der Waals surface area contributed by atoms with Gasteiger partial charge in [0, 0.05) is 5.02 Å². The lowest BCUT2D eigenvalue weighted by Crippen LogP contribution is -1.94. The highest BCUT2D eigenvalue weighted by Gasteiger charge is 2.03. The first-order valence-electron chi connectivity index (χ1n) is 3.24. The Bertz CT molecular complexity index is 250. The van der Waals surface area contributed by atoms with Crippen molar-refractivity contribution in [2.75, 3.05) is 12.8 Å². The van der Waals surface area contributed by atoms with Crippen molar-refractivity contribution in [3.8, 4) is 5.75 Å². The highest BCUT2D eigenvalue weighted by molar-refractivity contribution is 6.31. The Hall–Kier alpha value is -0.890. The first-order valence-corrected chi connectivity index (χ1v) is 3.62. The van der Waals surface area contributed by atoms with E-state index in [0.29, 0.717) is 16.5 Å². The van der Waals surface area contributed by atoms with Crippen molar-refractivity contribution in [1.29, 1.82) is 0 Å². The van der Waals surface area contributed by atoms with E-state index in [4.69, 9.17) is 22.1 Å². The van der Waals surface area contributed by atoms with Crippen molar-refractivity contribution in [1.82, 2.24) is 0 Å². The van der Waals surface area contributed by atoms with Crippen molar-refractivity contribution in [3.05, 3.63) is 22.7 Å². The molecule has 0 spiro atoms. The third kappa shape index (κ3) is 1.57. The van der Waals surface area contributed by atoms with Crippen LogP contribution >= 0.6 is 11.6 Å². The first kappa shape index (κ1) is 8.21. The van der Waals surface area contributed by atoms with E-state index in [1.165, 1.54) is 0 Å². The van der Waals surface area contributed by atoms with Crippen molar-refractivity contribution in [2.24, 2.45) is 0 Å². The zero-order chi connectivity index (χ0) is 8.43. The van der Waals surface area contributed by atoms with Gasteiger partial charge in [0.25, 0.3) is 0 Å². The summed E-state index contributed by atoms with van der Waals surface area (Å²) in [5.41, 5.74) is 7.16. The molecule has 0 unspecified atom stereocenters. The Balaban J connectivity index is 3.25. The van der Waals surface area contributed by atoms with Gasteiger partial charge in [0.15, 0.2) is 0 Å². The molecule has 11 heavy (non-hydrogen) atoms. The quantitative estimate of drug-likeness (QED) is 0.658. The predicted octanol–water partition coefficient (Wildman–Crippen LogP) is 2.24. The number of aryl methyl sites for hydroxylation is 1. The average molecular weight is 172 g/mol. The summed E-state index contributed by atoms with van der Waals surface area (Å²) in [4.78, 5) is 0. The second-order valence-corrected chi connectivity index (χ2v) is 2.78. The molecule has 0 aromatic heterocycles. The Morgan fingerprint density at radius 2 is 2.09 bits per heavy atom. The fourth-order valence-electron chi connectivity index (χ4n) is 1.03. The van der Waals surface area contributed by atoms with Crippen LogP contribution in [-0.2, 0) is 0 Å². The molecule has 1 rings (SSSR count). The zero-order valence-electron chi connectivity index (χ0n) is 6.52. The van der Waals surface area contributed by atoms with E-state index in [0.717, 1.165) is 5.56 Å². The summed E-state index contributed by atoms with van der Waals surface area (Å²) < 4.78 is 5.05. The smallest absolute Gasteiger partial charge is 0.144 e. The Labute approximate surface area is 70.9 Å². The van der Waals surface area contributed by atoms with E-state index >= 15 is 0 Å². The van der Waals surface area contributed by atoms with Crippen LogP contribution in [0.4, 0.5) is 5.69 Å². The highest BCUT2D eigenvalue weighted by atomic mass is 35.5. The van der Waals surface area contributed by atoms with Gasteiger partial charge in [0.1, 0.15) is 5.75 Å². The fourth-order valence-corrected chi connectivity index (χ4v) is 1.32. The second kappa shape index (κ2) is 3.01. The SMILES string of the molecule is COc1c(C)cc(Cl)cc1N. The molecule has 0 heterocycles. The molecule has 0 amide bonds. The molecule has 3 heteroatoms. The third-order valence-electron chi connectivity index (χ3n) is 1.47. The molecule has 0 saturated carbocycles. The van der Waals surface area contributed by atoms with Crippen LogP contribution in [0.25, 0.3) is 0 Å². The Kier molecular flexibility index (Phi) is 2.25. The van der Waals surface area contributed by atoms with Crippen molar-refractivity contribution < 1.29 is 4.74 Å². The highest BCUT2D eigenvalue weighted by Crippen LogP contribution is 2.28. The number of hydrogen-bond acceptors (Lipinski definition) is 2. The summed E-state index contributed by atoms with van der Waals surface area (Å²) in [6, 6.07) is 3.49. The van der Waals surface area contributed by atoms with E-state index < -0.39 is 0 Å². The van der Waals surface area contributed by atoms with Gasteiger partial charge in [-0.2, -0.15) is 0 Å². The summed E-state index contributed by atoms with van der Waals surface area (Å²) in [7, 11) is 1.59. The minimum Gasteiger partial charge on any atom is -0.494 e. The molecule has 1 aromatic carbocycles. The van der Waals surface area contributed by atoms with Crippen LogP contribution in [0.5, 0.6) is 5.75 Å². The molecule has 0 aliphatic carbocycles. The van der Waals surface area contributed by atoms with Crippen molar-refractivity contribution in [2.45, 2.75) is 6.92 Å². The van der Waals surface area contributed by atoms with Crippen LogP contribution in [0, 0.1) is 6.92 Å². The molecule has 2 N–H and O–H groups in total. The Morgan fingerprint density at radius 1 is 1.45 bits per heavy atom. The maximum Gasteiger partial charge on any atom is 0.144 e. The maximum atomic E-state index is 5.74. The summed E-state index contributed by atoms with van der Waals surface area (Å²) in [5.74, 6) is 0.703. The number of rotatable bonds is 1. The molecule has 0 atom stereocenters. The molecule has 2 nitrogen and oxygen atoms in total. The van der Waals surface area contributed by atoms with Crippen molar-refractivity contribution >= 4 is 17.3 Å². The molecule has 0 radical (unpaired) electrons. The van der Waals surface area contributed by atoms with Gasteiger partial charge in [-0.1, -0.05) is 11.6 Å². The molecule has 0 saturated heterocycles. The summed E-state index contributed by atoms with van der Waals surface area (Å²) in [6.45, 7) is 1.90. The van der Waals surface area contributed by atoms with E-state index in [2.05, 4.69) is 0 Å². The van der Waals surface area contributed by atoms with Gasteiger partial charge in [0.2, 0.25) is 0 Å². The van der Waals surface area contributed by atoms with E-state index in [1.807, 2.05) is 13.0 Å². The number of anilines is 1. The summed E-state index contributed by atoms with van der Waals surface area (Å²) >= 11 is 5.74. The van der Waals surface area contributed by atoms with Crippen LogP contribution in [0.1, 0.15) is 5.56 Å². The number of benzene rings is 1. The van der Waals surface area contributed by atoms with Crippen LogP contribution in [0.2, 0.25) is 5.02 Å². The molecular weight excluding hydrogens is 162 g/mol. The molecule has 0 aliphatic rings. The van der Waals surface area contributed by atoms with E-state index in [1.54, 1.807) is 13.2 Å². The van der Waals surface area contributed by atoms with Gasteiger partial charge < -0.3 is 10.5 Å². The number of nitrogen functional groups attached to an aromatic ring is 1. The lowest BCUT2D eigenvalue weighted by Gasteiger charge is -2.07. The lowest BCUT2D eigenvalue weighted by molar-refractivity contribution is 0.414. The van der Waals surface area contributed by atoms with Crippen LogP contribution in [0.15, 0.2) is 12.1 Å². The second-order valence-electron chi connectivity index (χ2n) is 2.35. The van der Waals surface area contributed by atoms with Gasteiger partial charge in [-0.05, 0) is 24.6 Å². The van der Waals surface area contributed by atoms with Crippen LogP contribution in [-0.4, -0.2) is 7.11 Å². The van der Waals surface area contributed by atoms with E-state index in [9.17, 15) is 0 Å². The van der Waals surface area contributed by atoms with Gasteiger partial charge in [0.05, 0.1) is 12.8 Å². The maximum absolute atomic E-state index is 5.74. The minimum atomic E-state index is 0.581. The molecule has 0 aliphatic heterocycles. The van der Waals surface area contributed by atoms with Crippen LogP contribution in [0.3, 0.4) is 0 Å². The molecule has 60 valence electrons. The van der Waals surface area contributed by atoms with Crippen LogP contribution < -0.4 is 10.5 Å². The first-order chi connectivity index (χ1) is 5.15. The van der Waals surface area contributed by atoms with Gasteiger partial charge in [-0.15, -0.1) is 0 Å². The number of ether oxygens (including phenoxy) is 1. The number of hydrogen-bond donors (Lipinski definition) is 1. The van der Waals surface area contributed by atoms with Gasteiger partial charge in [-0.3, -0.25) is 0 Å². The minimum absolute atomic E-state index is 0.581. The monoisotopic (exact) mass is 171 g/mol. The number of halogens is 1. The lowest BCUT2D eigenvalue weighted by atomic mass is 10.2. The fraction of sp³-hybridized carbons (Fsp3) is 0.250. The van der Waals surface area contributed by atoms with Gasteiger partial charge in [-0.25, -0.2) is 0 Å². The Morgan fingerprint density at radius 3 is 2.55 bits per heavy atom. The largest absolute Gasteiger partial charge is 0.494 e. The van der Waals surface area contributed by atoms with Gasteiger partial charge >= 0.3 is 0 Å². The predicted molar refractivity (Wildman–Crippen MR) is 47.2 cm³/mol. The molecule has 0 bridgehead atoms. The van der Waals surface area contributed by atoms with Crippen molar-refractivity contribution in [3.63, 3.8) is 0 Å². The molecule has 1 aromatic rings.